The minimum Gasteiger partial charge on any atom is -0.480 e. The van der Waals surface area contributed by atoms with Crippen LogP contribution in [0.2, 0.25) is 0 Å². The Balaban J connectivity index is 2.84. The van der Waals surface area contributed by atoms with Gasteiger partial charge < -0.3 is 10.0 Å². The van der Waals surface area contributed by atoms with Crippen LogP contribution in [0, 0.1) is 13.8 Å². The van der Waals surface area contributed by atoms with E-state index >= 15 is 0 Å². The zero-order valence-electron chi connectivity index (χ0n) is 11.5. The molecule has 1 aromatic rings. The van der Waals surface area contributed by atoms with E-state index in [2.05, 4.69) is 5.32 Å². The number of carboxylic acid groups (broad SMARTS) is 1. The van der Waals surface area contributed by atoms with E-state index < -0.39 is 12.0 Å². The summed E-state index contributed by atoms with van der Waals surface area (Å²) in [5.41, 5.74) is 3.01. The number of likely N-dealkylation sites (N-methyl/N-ethyl adjacent to an activating group) is 1. The van der Waals surface area contributed by atoms with Gasteiger partial charge in [0, 0.05) is 13.1 Å². The number of aryl methyl sites for hydroxylation is 1. The van der Waals surface area contributed by atoms with Crippen molar-refractivity contribution in [1.29, 1.82) is 0 Å². The first kappa shape index (κ1) is 14.7. The van der Waals surface area contributed by atoms with Crippen LogP contribution in [-0.4, -0.2) is 43.2 Å². The molecule has 4 nitrogen and oxygen atoms in total. The molecule has 0 radical (unpaired) electrons. The lowest BCUT2D eigenvalue weighted by Crippen LogP contribution is -2.34. The largest absolute Gasteiger partial charge is 0.480 e. The van der Waals surface area contributed by atoms with Crippen LogP contribution in [0.5, 0.6) is 0 Å². The molecule has 0 bridgehead atoms. The fourth-order valence-corrected chi connectivity index (χ4v) is 1.85. The number of benzene rings is 1. The summed E-state index contributed by atoms with van der Waals surface area (Å²) in [7, 11) is 3.94. The van der Waals surface area contributed by atoms with Gasteiger partial charge in [-0.05, 0) is 44.6 Å². The molecule has 1 aromatic carbocycles. The maximum absolute atomic E-state index is 11.4. The van der Waals surface area contributed by atoms with Crippen LogP contribution in [-0.2, 0) is 4.79 Å². The first-order valence-electron chi connectivity index (χ1n) is 6.10. The van der Waals surface area contributed by atoms with Crippen LogP contribution in [0.4, 0.5) is 0 Å². The quantitative estimate of drug-likeness (QED) is 0.805. The highest BCUT2D eigenvalue weighted by molar-refractivity contribution is 5.76. The SMILES string of the molecule is Cc1cccc(C(NCCN(C)C)C(=O)O)c1C. The van der Waals surface area contributed by atoms with Crippen molar-refractivity contribution in [3.63, 3.8) is 0 Å². The van der Waals surface area contributed by atoms with Gasteiger partial charge in [-0.2, -0.15) is 0 Å². The molecule has 1 rings (SSSR count). The van der Waals surface area contributed by atoms with Gasteiger partial charge in [0.2, 0.25) is 0 Å². The van der Waals surface area contributed by atoms with E-state index in [-0.39, 0.29) is 0 Å². The molecule has 0 aliphatic rings. The molecule has 1 atom stereocenters. The lowest BCUT2D eigenvalue weighted by atomic mass is 9.97. The molecular formula is C14H22N2O2. The van der Waals surface area contributed by atoms with Gasteiger partial charge >= 0.3 is 5.97 Å². The Bertz CT molecular complexity index is 416. The summed E-state index contributed by atoms with van der Waals surface area (Å²) in [6.07, 6.45) is 0. The zero-order valence-corrected chi connectivity index (χ0v) is 11.5. The van der Waals surface area contributed by atoms with E-state index in [4.69, 9.17) is 0 Å². The van der Waals surface area contributed by atoms with E-state index in [0.717, 1.165) is 23.2 Å². The normalized spacial score (nSPS) is 12.7. The predicted octanol–water partition coefficient (Wildman–Crippen LogP) is 1.58. The Hall–Kier alpha value is -1.39. The summed E-state index contributed by atoms with van der Waals surface area (Å²) < 4.78 is 0. The first-order valence-corrected chi connectivity index (χ1v) is 6.10. The maximum Gasteiger partial charge on any atom is 0.325 e. The van der Waals surface area contributed by atoms with E-state index in [1.165, 1.54) is 0 Å². The Morgan fingerprint density at radius 2 is 2.06 bits per heavy atom. The van der Waals surface area contributed by atoms with Crippen LogP contribution < -0.4 is 5.32 Å². The summed E-state index contributed by atoms with van der Waals surface area (Å²) >= 11 is 0. The number of nitrogens with one attached hydrogen (secondary N) is 1. The summed E-state index contributed by atoms with van der Waals surface area (Å²) in [5, 5.41) is 12.4. The average Bonchev–Trinajstić information content (AvgIpc) is 2.28. The Labute approximate surface area is 109 Å². The molecule has 0 saturated carbocycles. The number of carboxylic acids is 1. The molecule has 0 saturated heterocycles. The minimum absolute atomic E-state index is 0.634. The van der Waals surface area contributed by atoms with Gasteiger partial charge in [-0.25, -0.2) is 0 Å². The van der Waals surface area contributed by atoms with E-state index in [0.29, 0.717) is 6.54 Å². The molecule has 0 aliphatic heterocycles. The number of nitrogens with zero attached hydrogens (tertiary/aromatic N) is 1. The second-order valence-corrected chi connectivity index (χ2v) is 4.82. The topological polar surface area (TPSA) is 52.6 Å². The van der Waals surface area contributed by atoms with E-state index in [1.807, 2.05) is 51.0 Å². The Morgan fingerprint density at radius 1 is 1.39 bits per heavy atom. The molecule has 4 heteroatoms. The van der Waals surface area contributed by atoms with Crippen molar-refractivity contribution >= 4 is 5.97 Å². The molecule has 0 aromatic heterocycles. The van der Waals surface area contributed by atoms with Crippen molar-refractivity contribution < 1.29 is 9.90 Å². The number of hydrogen-bond acceptors (Lipinski definition) is 3. The monoisotopic (exact) mass is 250 g/mol. The lowest BCUT2D eigenvalue weighted by Gasteiger charge is -2.19. The Kier molecular flexibility index (Phi) is 5.31. The molecule has 0 aliphatic carbocycles. The molecule has 0 amide bonds. The molecule has 2 N–H and O–H groups in total. The van der Waals surface area contributed by atoms with Crippen molar-refractivity contribution in [3.8, 4) is 0 Å². The van der Waals surface area contributed by atoms with Crippen LogP contribution >= 0.6 is 0 Å². The second-order valence-electron chi connectivity index (χ2n) is 4.82. The summed E-state index contributed by atoms with van der Waals surface area (Å²) in [6.45, 7) is 5.43. The van der Waals surface area contributed by atoms with Gasteiger partial charge in [0.25, 0.3) is 0 Å². The standard InChI is InChI=1S/C14H22N2O2/c1-10-6-5-7-12(11(10)2)13(14(17)18)15-8-9-16(3)4/h5-7,13,15H,8-9H2,1-4H3,(H,17,18). The fraction of sp³-hybridized carbons (Fsp3) is 0.500. The highest BCUT2D eigenvalue weighted by Gasteiger charge is 2.21. The third-order valence-corrected chi connectivity index (χ3v) is 3.11. The molecule has 18 heavy (non-hydrogen) atoms. The van der Waals surface area contributed by atoms with Gasteiger partial charge in [0.1, 0.15) is 6.04 Å². The average molecular weight is 250 g/mol. The molecule has 0 fully saturated rings. The number of rotatable bonds is 6. The summed E-state index contributed by atoms with van der Waals surface area (Å²) in [6, 6.07) is 5.15. The van der Waals surface area contributed by atoms with Crippen molar-refractivity contribution in [3.05, 3.63) is 34.9 Å². The van der Waals surface area contributed by atoms with Gasteiger partial charge in [0.15, 0.2) is 0 Å². The molecular weight excluding hydrogens is 228 g/mol. The van der Waals surface area contributed by atoms with Gasteiger partial charge in [-0.1, -0.05) is 18.2 Å². The summed E-state index contributed by atoms with van der Waals surface area (Å²) in [4.78, 5) is 13.4. The van der Waals surface area contributed by atoms with Gasteiger partial charge in [-0.15, -0.1) is 0 Å². The van der Waals surface area contributed by atoms with Crippen molar-refractivity contribution in [2.45, 2.75) is 19.9 Å². The molecule has 100 valence electrons. The van der Waals surface area contributed by atoms with Crippen molar-refractivity contribution in [1.82, 2.24) is 10.2 Å². The number of carbonyl (C=O) groups is 1. The molecule has 1 unspecified atom stereocenters. The second kappa shape index (κ2) is 6.52. The van der Waals surface area contributed by atoms with Gasteiger partial charge in [-0.3, -0.25) is 10.1 Å². The molecule has 0 heterocycles. The smallest absolute Gasteiger partial charge is 0.325 e. The summed E-state index contributed by atoms with van der Waals surface area (Å²) in [5.74, 6) is -0.831. The van der Waals surface area contributed by atoms with Crippen LogP contribution in [0.15, 0.2) is 18.2 Å². The maximum atomic E-state index is 11.4. The van der Waals surface area contributed by atoms with E-state index in [9.17, 15) is 9.90 Å². The highest BCUT2D eigenvalue weighted by atomic mass is 16.4. The fourth-order valence-electron chi connectivity index (χ4n) is 1.85. The van der Waals surface area contributed by atoms with Gasteiger partial charge in [0.05, 0.1) is 0 Å². The zero-order chi connectivity index (χ0) is 13.7. The highest BCUT2D eigenvalue weighted by Crippen LogP contribution is 2.20. The van der Waals surface area contributed by atoms with Crippen molar-refractivity contribution in [2.24, 2.45) is 0 Å². The van der Waals surface area contributed by atoms with Crippen molar-refractivity contribution in [2.75, 3.05) is 27.2 Å². The first-order chi connectivity index (χ1) is 8.43. The molecule has 0 spiro atoms. The van der Waals surface area contributed by atoms with Crippen LogP contribution in [0.25, 0.3) is 0 Å². The van der Waals surface area contributed by atoms with Crippen LogP contribution in [0.3, 0.4) is 0 Å². The lowest BCUT2D eigenvalue weighted by molar-refractivity contribution is -0.139. The minimum atomic E-state index is -0.831. The number of hydrogen-bond donors (Lipinski definition) is 2. The Morgan fingerprint density at radius 3 is 2.61 bits per heavy atom. The third-order valence-electron chi connectivity index (χ3n) is 3.11. The van der Waals surface area contributed by atoms with Crippen LogP contribution in [0.1, 0.15) is 22.7 Å². The predicted molar refractivity (Wildman–Crippen MR) is 72.8 cm³/mol. The van der Waals surface area contributed by atoms with E-state index in [1.54, 1.807) is 0 Å². The number of aliphatic carboxylic acids is 1. The third kappa shape index (κ3) is 3.82.